The maximum atomic E-state index is 9.24. The van der Waals surface area contributed by atoms with Gasteiger partial charge in [-0.2, -0.15) is 0 Å². The maximum Gasteiger partial charge on any atom is 0.143 e. The molecule has 94 valence electrons. The van der Waals surface area contributed by atoms with Gasteiger partial charge in [-0.25, -0.2) is 0 Å². The van der Waals surface area contributed by atoms with Crippen LogP contribution < -0.4 is 4.74 Å². The molecule has 2 aromatic heterocycles. The molecule has 0 bridgehead atoms. The first-order valence-electron chi connectivity index (χ1n) is 5.81. The minimum Gasteiger partial charge on any atom is -0.485 e. The van der Waals surface area contributed by atoms with E-state index in [1.807, 2.05) is 38.1 Å². The minimum absolute atomic E-state index is 0.127. The zero-order chi connectivity index (χ0) is 13.0. The van der Waals surface area contributed by atoms with Crippen molar-refractivity contribution < 1.29 is 9.84 Å². The van der Waals surface area contributed by atoms with E-state index in [1.165, 1.54) is 0 Å². The lowest BCUT2D eigenvalue weighted by molar-refractivity contribution is 0.251. The van der Waals surface area contributed by atoms with Gasteiger partial charge in [0.05, 0.1) is 12.3 Å². The summed E-state index contributed by atoms with van der Waals surface area (Å²) in [5, 5.41) is 9.24. The van der Waals surface area contributed by atoms with Gasteiger partial charge in [0.25, 0.3) is 0 Å². The van der Waals surface area contributed by atoms with Gasteiger partial charge in [0.2, 0.25) is 0 Å². The van der Waals surface area contributed by atoms with Crippen LogP contribution in [0.1, 0.15) is 22.6 Å². The van der Waals surface area contributed by atoms with Crippen LogP contribution >= 0.6 is 0 Å². The Balaban J connectivity index is 2.13. The average Bonchev–Trinajstić information content (AvgIpc) is 2.39. The van der Waals surface area contributed by atoms with Gasteiger partial charge in [0.1, 0.15) is 18.1 Å². The summed E-state index contributed by atoms with van der Waals surface area (Å²) in [5.74, 6) is 0.605. The van der Waals surface area contributed by atoms with Crippen LogP contribution in [-0.2, 0) is 13.2 Å². The minimum atomic E-state index is -0.127. The largest absolute Gasteiger partial charge is 0.485 e. The molecule has 0 saturated carbocycles. The Morgan fingerprint density at radius 3 is 2.72 bits per heavy atom. The summed E-state index contributed by atoms with van der Waals surface area (Å²) >= 11 is 0. The zero-order valence-corrected chi connectivity index (χ0v) is 10.6. The second-order valence-electron chi connectivity index (χ2n) is 4.11. The molecule has 4 heteroatoms. The Bertz CT molecular complexity index is 541. The van der Waals surface area contributed by atoms with Crippen molar-refractivity contribution in [3.05, 3.63) is 53.1 Å². The molecule has 0 fully saturated rings. The normalized spacial score (nSPS) is 10.4. The molecule has 0 aliphatic carbocycles. The standard InChI is InChI=1S/C14H16N2O2/c1-10-4-3-7-15-13(10)9-18-14-6-5-11(2)16-12(14)8-17/h3-7,17H,8-9H2,1-2H3. The number of aliphatic hydroxyl groups excluding tert-OH is 1. The molecule has 1 N–H and O–H groups in total. The number of nitrogens with zero attached hydrogens (tertiary/aromatic N) is 2. The summed E-state index contributed by atoms with van der Waals surface area (Å²) in [6, 6.07) is 7.57. The molecule has 0 aliphatic rings. The van der Waals surface area contributed by atoms with E-state index in [9.17, 15) is 5.11 Å². The summed E-state index contributed by atoms with van der Waals surface area (Å²) in [4.78, 5) is 8.49. The molecule has 0 saturated heterocycles. The number of aryl methyl sites for hydroxylation is 2. The van der Waals surface area contributed by atoms with Gasteiger partial charge < -0.3 is 9.84 Å². The van der Waals surface area contributed by atoms with Gasteiger partial charge in [-0.3, -0.25) is 9.97 Å². The number of pyridine rings is 2. The lowest BCUT2D eigenvalue weighted by Gasteiger charge is -2.10. The molecule has 18 heavy (non-hydrogen) atoms. The number of rotatable bonds is 4. The zero-order valence-electron chi connectivity index (χ0n) is 10.6. The topological polar surface area (TPSA) is 55.2 Å². The molecule has 0 atom stereocenters. The highest BCUT2D eigenvalue weighted by Crippen LogP contribution is 2.18. The second-order valence-corrected chi connectivity index (χ2v) is 4.11. The third-order valence-electron chi connectivity index (χ3n) is 2.70. The molecule has 0 amide bonds. The highest BCUT2D eigenvalue weighted by molar-refractivity contribution is 5.29. The van der Waals surface area contributed by atoms with E-state index in [1.54, 1.807) is 6.20 Å². The van der Waals surface area contributed by atoms with Gasteiger partial charge in [0, 0.05) is 11.9 Å². The third kappa shape index (κ3) is 2.84. The number of hydrogen-bond acceptors (Lipinski definition) is 4. The quantitative estimate of drug-likeness (QED) is 0.895. The molecular weight excluding hydrogens is 228 g/mol. The number of aliphatic hydroxyl groups is 1. The summed E-state index contributed by atoms with van der Waals surface area (Å²) < 4.78 is 5.66. The fourth-order valence-corrected chi connectivity index (χ4v) is 1.66. The van der Waals surface area contributed by atoms with Gasteiger partial charge >= 0.3 is 0 Å². The molecule has 0 aliphatic heterocycles. The van der Waals surface area contributed by atoms with Crippen LogP contribution in [0.2, 0.25) is 0 Å². The lowest BCUT2D eigenvalue weighted by Crippen LogP contribution is -2.04. The van der Waals surface area contributed by atoms with Crippen molar-refractivity contribution in [2.45, 2.75) is 27.1 Å². The smallest absolute Gasteiger partial charge is 0.143 e. The van der Waals surface area contributed by atoms with E-state index in [0.29, 0.717) is 18.1 Å². The lowest BCUT2D eigenvalue weighted by atomic mass is 10.2. The molecule has 2 rings (SSSR count). The summed E-state index contributed by atoms with van der Waals surface area (Å²) in [5.41, 5.74) is 3.40. The van der Waals surface area contributed by atoms with E-state index < -0.39 is 0 Å². The number of aromatic nitrogens is 2. The van der Waals surface area contributed by atoms with Gasteiger partial charge in [0.15, 0.2) is 0 Å². The Labute approximate surface area is 106 Å². The van der Waals surface area contributed by atoms with E-state index >= 15 is 0 Å². The van der Waals surface area contributed by atoms with Crippen LogP contribution in [0.3, 0.4) is 0 Å². The molecule has 0 aromatic carbocycles. The summed E-state index contributed by atoms with van der Waals surface area (Å²) in [6.45, 7) is 4.13. The molecule has 0 radical (unpaired) electrons. The van der Waals surface area contributed by atoms with Crippen molar-refractivity contribution >= 4 is 0 Å². The van der Waals surface area contributed by atoms with Crippen molar-refractivity contribution in [2.75, 3.05) is 0 Å². The Kier molecular flexibility index (Phi) is 3.89. The van der Waals surface area contributed by atoms with Crippen LogP contribution in [0, 0.1) is 13.8 Å². The summed E-state index contributed by atoms with van der Waals surface area (Å²) in [7, 11) is 0. The maximum absolute atomic E-state index is 9.24. The highest BCUT2D eigenvalue weighted by Gasteiger charge is 2.06. The summed E-state index contributed by atoms with van der Waals surface area (Å²) in [6.07, 6.45) is 1.74. The first-order chi connectivity index (χ1) is 8.70. The van der Waals surface area contributed by atoms with Crippen molar-refractivity contribution in [3.63, 3.8) is 0 Å². The van der Waals surface area contributed by atoms with Crippen LogP contribution in [0.5, 0.6) is 5.75 Å². The number of ether oxygens (including phenoxy) is 1. The third-order valence-corrected chi connectivity index (χ3v) is 2.70. The molecule has 2 aromatic rings. The van der Waals surface area contributed by atoms with Crippen LogP contribution in [0.15, 0.2) is 30.5 Å². The molecule has 0 unspecified atom stereocenters. The SMILES string of the molecule is Cc1ccc(OCc2ncccc2C)c(CO)n1. The highest BCUT2D eigenvalue weighted by atomic mass is 16.5. The van der Waals surface area contributed by atoms with Crippen LogP contribution in [0.25, 0.3) is 0 Å². The molecule has 2 heterocycles. The monoisotopic (exact) mass is 244 g/mol. The predicted molar refractivity (Wildman–Crippen MR) is 68.2 cm³/mol. The fraction of sp³-hybridized carbons (Fsp3) is 0.286. The molecular formula is C14H16N2O2. The Hall–Kier alpha value is -1.94. The molecule has 4 nitrogen and oxygen atoms in total. The predicted octanol–water partition coefficient (Wildman–Crippen LogP) is 2.16. The van der Waals surface area contributed by atoms with Crippen molar-refractivity contribution in [1.82, 2.24) is 9.97 Å². The van der Waals surface area contributed by atoms with Gasteiger partial charge in [-0.05, 0) is 37.6 Å². The Morgan fingerprint density at radius 1 is 1.17 bits per heavy atom. The average molecular weight is 244 g/mol. The fourth-order valence-electron chi connectivity index (χ4n) is 1.66. The van der Waals surface area contributed by atoms with Crippen LogP contribution in [0.4, 0.5) is 0 Å². The number of hydrogen-bond donors (Lipinski definition) is 1. The van der Waals surface area contributed by atoms with E-state index in [4.69, 9.17) is 4.74 Å². The van der Waals surface area contributed by atoms with E-state index in [0.717, 1.165) is 17.0 Å². The second kappa shape index (κ2) is 5.60. The van der Waals surface area contributed by atoms with Crippen molar-refractivity contribution in [2.24, 2.45) is 0 Å². The van der Waals surface area contributed by atoms with Gasteiger partial charge in [-0.15, -0.1) is 0 Å². The van der Waals surface area contributed by atoms with Crippen molar-refractivity contribution in [1.29, 1.82) is 0 Å². The van der Waals surface area contributed by atoms with Crippen LogP contribution in [-0.4, -0.2) is 15.1 Å². The van der Waals surface area contributed by atoms with Gasteiger partial charge in [-0.1, -0.05) is 6.07 Å². The van der Waals surface area contributed by atoms with Crippen molar-refractivity contribution in [3.8, 4) is 5.75 Å². The Morgan fingerprint density at radius 2 is 2.00 bits per heavy atom. The molecule has 0 spiro atoms. The first kappa shape index (κ1) is 12.5. The first-order valence-corrected chi connectivity index (χ1v) is 5.81. The van der Waals surface area contributed by atoms with E-state index in [2.05, 4.69) is 9.97 Å². The van der Waals surface area contributed by atoms with E-state index in [-0.39, 0.29) is 6.61 Å².